The summed E-state index contributed by atoms with van der Waals surface area (Å²) in [5.74, 6) is 0.201. The fraction of sp³-hybridized carbons (Fsp3) is 0.214. The Balaban J connectivity index is 2.18. The molecule has 1 atom stereocenters. The molecular weight excluding hydrogens is 333 g/mol. The fourth-order valence-corrected chi connectivity index (χ4v) is 2.18. The van der Waals surface area contributed by atoms with Gasteiger partial charge in [-0.3, -0.25) is 0 Å². The van der Waals surface area contributed by atoms with E-state index in [2.05, 4.69) is 26.2 Å². The monoisotopic (exact) mass is 344 g/mol. The smallest absolute Gasteiger partial charge is 0.364 e. The van der Waals surface area contributed by atoms with Crippen molar-refractivity contribution >= 4 is 21.7 Å². The van der Waals surface area contributed by atoms with Gasteiger partial charge in [-0.2, -0.15) is 13.2 Å². The van der Waals surface area contributed by atoms with Gasteiger partial charge in [-0.05, 0) is 36.8 Å². The lowest BCUT2D eigenvalue weighted by Crippen LogP contribution is -2.10. The number of nitrogens with one attached hydrogen (secondary N) is 1. The van der Waals surface area contributed by atoms with E-state index in [9.17, 15) is 13.2 Å². The van der Waals surface area contributed by atoms with Crippen LogP contribution in [0.5, 0.6) is 0 Å². The van der Waals surface area contributed by atoms with Gasteiger partial charge in [-0.1, -0.05) is 28.1 Å². The van der Waals surface area contributed by atoms with Crippen molar-refractivity contribution in [3.8, 4) is 0 Å². The number of aromatic nitrogens is 1. The molecule has 0 aliphatic carbocycles. The van der Waals surface area contributed by atoms with Gasteiger partial charge >= 0.3 is 6.18 Å². The van der Waals surface area contributed by atoms with Gasteiger partial charge in [0.1, 0.15) is 5.82 Å². The predicted octanol–water partition coefficient (Wildman–Crippen LogP) is 5.04. The lowest BCUT2D eigenvalue weighted by Gasteiger charge is -2.16. The first kappa shape index (κ1) is 14.8. The average molecular weight is 345 g/mol. The molecule has 106 valence electrons. The Labute approximate surface area is 123 Å². The van der Waals surface area contributed by atoms with Crippen LogP contribution in [0.2, 0.25) is 0 Å². The second kappa shape index (κ2) is 5.83. The number of benzene rings is 1. The largest absolute Gasteiger partial charge is 0.416 e. The van der Waals surface area contributed by atoms with E-state index in [1.54, 1.807) is 0 Å². The van der Waals surface area contributed by atoms with Crippen LogP contribution >= 0.6 is 15.9 Å². The fourth-order valence-electron chi connectivity index (χ4n) is 1.77. The zero-order valence-corrected chi connectivity index (χ0v) is 12.2. The topological polar surface area (TPSA) is 24.9 Å². The van der Waals surface area contributed by atoms with E-state index in [0.29, 0.717) is 0 Å². The quantitative estimate of drug-likeness (QED) is 0.843. The first-order valence-electron chi connectivity index (χ1n) is 5.91. The summed E-state index contributed by atoms with van der Waals surface area (Å²) in [5.41, 5.74) is 0.245. The van der Waals surface area contributed by atoms with Crippen molar-refractivity contribution in [1.29, 1.82) is 0 Å². The molecule has 0 fully saturated rings. The van der Waals surface area contributed by atoms with E-state index in [-0.39, 0.29) is 11.9 Å². The Morgan fingerprint density at radius 2 is 1.95 bits per heavy atom. The van der Waals surface area contributed by atoms with E-state index >= 15 is 0 Å². The standard InChI is InChI=1S/C14H12BrF3N2/c1-9(10-3-2-4-12(15)7-10)20-13-8-11(5-6-19-13)14(16,17)18/h2-9H,1H3,(H,19,20). The normalized spacial score (nSPS) is 13.1. The van der Waals surface area contributed by atoms with E-state index in [0.717, 1.165) is 28.4 Å². The second-order valence-electron chi connectivity index (χ2n) is 4.35. The zero-order valence-electron chi connectivity index (χ0n) is 10.6. The lowest BCUT2D eigenvalue weighted by molar-refractivity contribution is -0.137. The Hall–Kier alpha value is -1.56. The molecule has 2 nitrogen and oxygen atoms in total. The van der Waals surface area contributed by atoms with E-state index in [1.807, 2.05) is 31.2 Å². The van der Waals surface area contributed by atoms with Crippen molar-refractivity contribution in [2.24, 2.45) is 0 Å². The van der Waals surface area contributed by atoms with Crippen LogP contribution in [0.3, 0.4) is 0 Å². The molecule has 0 spiro atoms. The Morgan fingerprint density at radius 1 is 1.20 bits per heavy atom. The van der Waals surface area contributed by atoms with Gasteiger partial charge in [-0.15, -0.1) is 0 Å². The molecule has 0 amide bonds. The maximum Gasteiger partial charge on any atom is 0.416 e. The van der Waals surface area contributed by atoms with Gasteiger partial charge in [-0.25, -0.2) is 4.98 Å². The molecular formula is C14H12BrF3N2. The van der Waals surface area contributed by atoms with Crippen molar-refractivity contribution in [3.05, 3.63) is 58.2 Å². The van der Waals surface area contributed by atoms with Crippen molar-refractivity contribution in [3.63, 3.8) is 0 Å². The average Bonchev–Trinajstić information content (AvgIpc) is 2.38. The minimum atomic E-state index is -4.36. The van der Waals surface area contributed by atoms with Gasteiger partial charge in [0.2, 0.25) is 0 Å². The summed E-state index contributed by atoms with van der Waals surface area (Å²) in [6, 6.07) is 9.38. The number of nitrogens with zero attached hydrogens (tertiary/aromatic N) is 1. The first-order chi connectivity index (χ1) is 9.36. The summed E-state index contributed by atoms with van der Waals surface area (Å²) in [7, 11) is 0. The van der Waals surface area contributed by atoms with Crippen molar-refractivity contribution in [2.45, 2.75) is 19.1 Å². The third-order valence-electron chi connectivity index (χ3n) is 2.80. The van der Waals surface area contributed by atoms with Crippen LogP contribution < -0.4 is 5.32 Å². The van der Waals surface area contributed by atoms with Crippen LogP contribution in [0.25, 0.3) is 0 Å². The molecule has 6 heteroatoms. The van der Waals surface area contributed by atoms with Gasteiger partial charge in [0.25, 0.3) is 0 Å². The molecule has 0 saturated carbocycles. The SMILES string of the molecule is CC(Nc1cc(C(F)(F)F)ccn1)c1cccc(Br)c1. The van der Waals surface area contributed by atoms with E-state index < -0.39 is 11.7 Å². The number of anilines is 1. The minimum absolute atomic E-state index is 0.150. The van der Waals surface area contributed by atoms with Crippen molar-refractivity contribution < 1.29 is 13.2 Å². The number of halogens is 4. The van der Waals surface area contributed by atoms with Crippen LogP contribution in [-0.2, 0) is 6.18 Å². The molecule has 20 heavy (non-hydrogen) atoms. The van der Waals surface area contributed by atoms with Gasteiger partial charge in [0.15, 0.2) is 0 Å². The maximum atomic E-state index is 12.6. The minimum Gasteiger partial charge on any atom is -0.364 e. The van der Waals surface area contributed by atoms with E-state index in [4.69, 9.17) is 0 Å². The third-order valence-corrected chi connectivity index (χ3v) is 3.29. The molecule has 1 heterocycles. The lowest BCUT2D eigenvalue weighted by atomic mass is 10.1. The van der Waals surface area contributed by atoms with Crippen LogP contribution in [0.4, 0.5) is 19.0 Å². The number of hydrogen-bond donors (Lipinski definition) is 1. The predicted molar refractivity (Wildman–Crippen MR) is 75.4 cm³/mol. The van der Waals surface area contributed by atoms with Gasteiger partial charge in [0, 0.05) is 16.7 Å². The molecule has 0 saturated heterocycles. The zero-order chi connectivity index (χ0) is 14.8. The highest BCUT2D eigenvalue weighted by molar-refractivity contribution is 9.10. The highest BCUT2D eigenvalue weighted by Crippen LogP contribution is 2.30. The summed E-state index contributed by atoms with van der Waals surface area (Å²) in [4.78, 5) is 3.92. The third kappa shape index (κ3) is 3.72. The highest BCUT2D eigenvalue weighted by atomic mass is 79.9. The van der Waals surface area contributed by atoms with Gasteiger partial charge < -0.3 is 5.32 Å². The van der Waals surface area contributed by atoms with Crippen molar-refractivity contribution in [1.82, 2.24) is 4.98 Å². The Kier molecular flexibility index (Phi) is 4.32. The summed E-state index contributed by atoms with van der Waals surface area (Å²) < 4.78 is 38.8. The first-order valence-corrected chi connectivity index (χ1v) is 6.71. The highest BCUT2D eigenvalue weighted by Gasteiger charge is 2.30. The molecule has 1 aromatic heterocycles. The number of rotatable bonds is 3. The van der Waals surface area contributed by atoms with E-state index in [1.165, 1.54) is 0 Å². The molecule has 2 rings (SSSR count). The van der Waals surface area contributed by atoms with Crippen LogP contribution in [0.1, 0.15) is 24.1 Å². The van der Waals surface area contributed by atoms with Crippen molar-refractivity contribution in [2.75, 3.05) is 5.32 Å². The molecule has 1 aromatic carbocycles. The molecule has 0 aliphatic heterocycles. The summed E-state index contributed by atoms with van der Waals surface area (Å²) in [5, 5.41) is 2.97. The molecule has 0 aliphatic rings. The van der Waals surface area contributed by atoms with Crippen LogP contribution in [0.15, 0.2) is 47.1 Å². The number of hydrogen-bond acceptors (Lipinski definition) is 2. The maximum absolute atomic E-state index is 12.6. The Morgan fingerprint density at radius 3 is 2.60 bits per heavy atom. The number of alkyl halides is 3. The summed E-state index contributed by atoms with van der Waals surface area (Å²) in [6.07, 6.45) is -3.21. The molecule has 0 bridgehead atoms. The van der Waals surface area contributed by atoms with Gasteiger partial charge in [0.05, 0.1) is 5.56 Å². The molecule has 1 unspecified atom stereocenters. The number of pyridine rings is 1. The Bertz CT molecular complexity index is 599. The van der Waals surface area contributed by atoms with Crippen LogP contribution in [0, 0.1) is 0 Å². The molecule has 1 N–H and O–H groups in total. The van der Waals surface area contributed by atoms with Crippen LogP contribution in [-0.4, -0.2) is 4.98 Å². The second-order valence-corrected chi connectivity index (χ2v) is 5.26. The summed E-state index contributed by atoms with van der Waals surface area (Å²) >= 11 is 3.36. The molecule has 2 aromatic rings. The summed E-state index contributed by atoms with van der Waals surface area (Å²) in [6.45, 7) is 1.86. The molecule has 0 radical (unpaired) electrons.